The normalized spacial score (nSPS) is 25.7. The van der Waals surface area contributed by atoms with E-state index in [1.165, 1.54) is 0 Å². The molecule has 0 spiro atoms. The fourth-order valence-electron chi connectivity index (χ4n) is 3.95. The Morgan fingerprint density at radius 2 is 2.30 bits per heavy atom. The Hall–Kier alpha value is -2.16. The van der Waals surface area contributed by atoms with Crippen molar-refractivity contribution < 1.29 is 1.37 Å². The topological polar surface area (TPSA) is 55.2 Å². The Labute approximate surface area is 137 Å². The van der Waals surface area contributed by atoms with Gasteiger partial charge in [0.25, 0.3) is 0 Å². The first-order valence-electron chi connectivity index (χ1n) is 8.69. The second kappa shape index (κ2) is 5.80. The second-order valence-electron chi connectivity index (χ2n) is 6.43. The van der Waals surface area contributed by atoms with Crippen LogP contribution in [-0.2, 0) is 0 Å². The van der Waals surface area contributed by atoms with Crippen molar-refractivity contribution in [3.05, 3.63) is 36.0 Å². The van der Waals surface area contributed by atoms with E-state index in [-0.39, 0.29) is 6.17 Å². The van der Waals surface area contributed by atoms with Crippen LogP contribution in [0.4, 0.5) is 5.69 Å². The maximum Gasteiger partial charge on any atom is 0.101 e. The lowest BCUT2D eigenvalue weighted by Gasteiger charge is -2.49. The van der Waals surface area contributed by atoms with E-state index in [4.69, 9.17) is 1.37 Å². The van der Waals surface area contributed by atoms with Gasteiger partial charge in [-0.3, -0.25) is 9.88 Å². The summed E-state index contributed by atoms with van der Waals surface area (Å²) in [5.74, 6) is 0. The maximum absolute atomic E-state index is 9.34. The number of rotatable bonds is 1. The number of nitrogens with one attached hydrogen (secondary N) is 1. The number of nitrogens with zero attached hydrogens (tertiary/aromatic N) is 4. The van der Waals surface area contributed by atoms with E-state index in [1.807, 2.05) is 18.2 Å². The minimum Gasteiger partial charge on any atom is -0.368 e. The first-order valence-corrected chi connectivity index (χ1v) is 8.19. The molecule has 0 saturated carbocycles. The molecule has 0 radical (unpaired) electrons. The maximum atomic E-state index is 9.34. The van der Waals surface area contributed by atoms with Crippen molar-refractivity contribution in [2.75, 3.05) is 37.6 Å². The lowest BCUT2D eigenvalue weighted by molar-refractivity contribution is 0.0971. The van der Waals surface area contributed by atoms with Gasteiger partial charge >= 0.3 is 0 Å². The molecule has 1 aromatic carbocycles. The van der Waals surface area contributed by atoms with Crippen molar-refractivity contribution in [1.82, 2.24) is 15.2 Å². The van der Waals surface area contributed by atoms with Crippen molar-refractivity contribution in [2.24, 2.45) is 0 Å². The van der Waals surface area contributed by atoms with E-state index < -0.39 is 0 Å². The molecule has 3 heterocycles. The molecule has 118 valence electrons. The molecular formula is C18H21N5. The van der Waals surface area contributed by atoms with E-state index in [1.54, 1.807) is 6.07 Å². The number of pyridine rings is 1. The van der Waals surface area contributed by atoms with Gasteiger partial charge in [0.05, 0.1) is 12.5 Å². The van der Waals surface area contributed by atoms with E-state index in [2.05, 4.69) is 33.1 Å². The van der Waals surface area contributed by atoms with Crippen LogP contribution >= 0.6 is 0 Å². The minimum atomic E-state index is 0.200. The van der Waals surface area contributed by atoms with Gasteiger partial charge in [0.2, 0.25) is 0 Å². The number of benzene rings is 1. The zero-order valence-corrected chi connectivity index (χ0v) is 13.3. The second-order valence-corrected chi connectivity index (χ2v) is 6.43. The summed E-state index contributed by atoms with van der Waals surface area (Å²) < 4.78 is 7.77. The number of aromatic nitrogens is 1. The molecule has 5 nitrogen and oxygen atoms in total. The molecule has 5 heteroatoms. The summed E-state index contributed by atoms with van der Waals surface area (Å²) >= 11 is 0. The molecule has 0 aliphatic carbocycles. The Morgan fingerprint density at radius 3 is 3.17 bits per heavy atom. The number of nitriles is 1. The molecule has 1 N–H and O–H groups in total. The molecule has 23 heavy (non-hydrogen) atoms. The molecule has 2 fully saturated rings. The van der Waals surface area contributed by atoms with Crippen LogP contribution in [-0.4, -0.2) is 54.7 Å². The van der Waals surface area contributed by atoms with Crippen molar-refractivity contribution in [2.45, 2.75) is 19.0 Å². The molecule has 2 atom stereocenters. The molecule has 2 saturated heterocycles. The predicted octanol–water partition coefficient (Wildman–Crippen LogP) is 1.59. The van der Waals surface area contributed by atoms with Crippen LogP contribution in [0.25, 0.3) is 10.9 Å². The summed E-state index contributed by atoms with van der Waals surface area (Å²) in [5, 5.41) is 13.8. The quantitative estimate of drug-likeness (QED) is 0.867. The van der Waals surface area contributed by atoms with E-state index in [9.17, 15) is 5.26 Å². The molecule has 0 bridgehead atoms. The van der Waals surface area contributed by atoms with Crippen molar-refractivity contribution >= 4 is 16.6 Å². The number of piperazine rings is 2. The third kappa shape index (κ3) is 2.44. The average molecular weight is 308 g/mol. The van der Waals surface area contributed by atoms with Crippen molar-refractivity contribution in [1.29, 1.82) is 5.26 Å². The largest absolute Gasteiger partial charge is 0.368 e. The average Bonchev–Trinajstić information content (AvgIpc) is 2.60. The fraction of sp³-hybridized carbons (Fsp3) is 0.444. The van der Waals surface area contributed by atoms with Crippen LogP contribution in [0, 0.1) is 11.3 Å². The first-order chi connectivity index (χ1) is 11.7. The molecule has 4 rings (SSSR count). The van der Waals surface area contributed by atoms with Gasteiger partial charge in [0.1, 0.15) is 6.07 Å². The van der Waals surface area contributed by atoms with Crippen LogP contribution in [0.15, 0.2) is 30.4 Å². The van der Waals surface area contributed by atoms with Crippen LogP contribution in [0.5, 0.6) is 0 Å². The standard InChI is InChI=1S/C18H21N5/c1-13-11-22(12-15-10-20-7-8-23(13)15)17-5-4-14(9-19)18-16(17)3-2-6-21-18/h2-6,13,15,20H,7-8,10-12H2,1H3/t13-,15+/m1/s1/i6D. The Balaban J connectivity index is 1.75. The molecule has 0 amide bonds. The lowest BCUT2D eigenvalue weighted by atomic mass is 10.0. The van der Waals surface area contributed by atoms with Gasteiger partial charge in [0, 0.05) is 62.1 Å². The number of fused-ring (bicyclic) bond motifs is 2. The molecule has 1 aromatic heterocycles. The lowest BCUT2D eigenvalue weighted by Crippen LogP contribution is -2.64. The highest BCUT2D eigenvalue weighted by molar-refractivity contribution is 5.95. The third-order valence-electron chi connectivity index (χ3n) is 5.03. The Kier molecular flexibility index (Phi) is 3.35. The van der Waals surface area contributed by atoms with Gasteiger partial charge in [-0.15, -0.1) is 0 Å². The number of hydrogen-bond donors (Lipinski definition) is 1. The molecule has 2 aliphatic heterocycles. The van der Waals surface area contributed by atoms with Gasteiger partial charge < -0.3 is 10.2 Å². The zero-order valence-electron chi connectivity index (χ0n) is 14.3. The van der Waals surface area contributed by atoms with Gasteiger partial charge in [-0.1, -0.05) is 0 Å². The minimum absolute atomic E-state index is 0.200. The highest BCUT2D eigenvalue weighted by Crippen LogP contribution is 2.31. The third-order valence-corrected chi connectivity index (χ3v) is 5.03. The SMILES string of the molecule is [2H]c1ccc2c(N3C[C@@H]4CNCCN4[C@H](C)C3)ccc(C#N)c2n1. The first kappa shape index (κ1) is 13.3. The molecule has 2 aromatic rings. The molecular weight excluding hydrogens is 286 g/mol. The van der Waals surface area contributed by atoms with E-state index in [0.29, 0.717) is 23.2 Å². The number of hydrogen-bond acceptors (Lipinski definition) is 5. The summed E-state index contributed by atoms with van der Waals surface area (Å²) in [6.45, 7) is 7.43. The zero-order chi connectivity index (χ0) is 16.7. The highest BCUT2D eigenvalue weighted by Gasteiger charge is 2.34. The van der Waals surface area contributed by atoms with E-state index in [0.717, 1.165) is 43.8 Å². The number of anilines is 1. The van der Waals surface area contributed by atoms with Crippen molar-refractivity contribution in [3.63, 3.8) is 0 Å². The van der Waals surface area contributed by atoms with Crippen LogP contribution in [0.3, 0.4) is 0 Å². The summed E-state index contributed by atoms with van der Waals surface area (Å²) in [6.07, 6.45) is 0.200. The summed E-state index contributed by atoms with van der Waals surface area (Å²) in [7, 11) is 0. The van der Waals surface area contributed by atoms with Gasteiger partial charge in [-0.2, -0.15) is 5.26 Å². The molecule has 2 aliphatic rings. The Bertz CT molecular complexity index is 815. The van der Waals surface area contributed by atoms with Crippen molar-refractivity contribution in [3.8, 4) is 6.07 Å². The van der Waals surface area contributed by atoms with Crippen LogP contribution in [0.1, 0.15) is 13.9 Å². The smallest absolute Gasteiger partial charge is 0.101 e. The van der Waals surface area contributed by atoms with Crippen LogP contribution in [0.2, 0.25) is 0 Å². The van der Waals surface area contributed by atoms with Crippen LogP contribution < -0.4 is 10.2 Å². The molecule has 0 unspecified atom stereocenters. The Morgan fingerprint density at radius 1 is 1.39 bits per heavy atom. The predicted molar refractivity (Wildman–Crippen MR) is 91.5 cm³/mol. The highest BCUT2D eigenvalue weighted by atomic mass is 15.3. The summed E-state index contributed by atoms with van der Waals surface area (Å²) in [4.78, 5) is 9.30. The summed E-state index contributed by atoms with van der Waals surface area (Å²) in [5.41, 5.74) is 2.29. The van der Waals surface area contributed by atoms with Gasteiger partial charge in [-0.25, -0.2) is 0 Å². The monoisotopic (exact) mass is 308 g/mol. The fourth-order valence-corrected chi connectivity index (χ4v) is 3.95. The van der Waals surface area contributed by atoms with E-state index >= 15 is 0 Å². The summed E-state index contributed by atoms with van der Waals surface area (Å²) in [6, 6.07) is 10.7. The van der Waals surface area contributed by atoms with Gasteiger partial charge in [-0.05, 0) is 31.2 Å². The van der Waals surface area contributed by atoms with Gasteiger partial charge in [0.15, 0.2) is 0 Å².